The van der Waals surface area contributed by atoms with Gasteiger partial charge in [-0.1, -0.05) is 24.3 Å². The Labute approximate surface area is 130 Å². The van der Waals surface area contributed by atoms with Crippen LogP contribution in [0.15, 0.2) is 59.2 Å². The number of carbonyl (C=O) groups is 1. The number of nitrogen functional groups attached to an aromatic ring is 1. The Bertz CT molecular complexity index is 810. The number of nitrogens with zero attached hydrogens (tertiary/aromatic N) is 1. The van der Waals surface area contributed by atoms with E-state index in [4.69, 9.17) is 5.73 Å². The number of halogens is 1. The summed E-state index contributed by atoms with van der Waals surface area (Å²) in [6.45, 7) is 0.221. The summed E-state index contributed by atoms with van der Waals surface area (Å²) in [5, 5.41) is 3.92. The molecule has 21 heavy (non-hydrogen) atoms. The van der Waals surface area contributed by atoms with Crippen LogP contribution in [0.5, 0.6) is 0 Å². The highest BCUT2D eigenvalue weighted by molar-refractivity contribution is 9.10. The van der Waals surface area contributed by atoms with Gasteiger partial charge in [0.15, 0.2) is 0 Å². The van der Waals surface area contributed by atoms with Gasteiger partial charge >= 0.3 is 0 Å². The fraction of sp³-hybridized carbons (Fsp3) is 0.0625. The van der Waals surface area contributed by atoms with E-state index in [1.54, 1.807) is 0 Å². The lowest BCUT2D eigenvalue weighted by Gasteiger charge is -2.09. The lowest BCUT2D eigenvalue weighted by atomic mass is 10.2. The third kappa shape index (κ3) is 2.78. The summed E-state index contributed by atoms with van der Waals surface area (Å²) in [5.41, 5.74) is 8.31. The summed E-state index contributed by atoms with van der Waals surface area (Å²) in [7, 11) is 0. The monoisotopic (exact) mass is 343 g/mol. The van der Waals surface area contributed by atoms with Crippen LogP contribution in [0.1, 0.15) is 0 Å². The maximum atomic E-state index is 12.2. The van der Waals surface area contributed by atoms with Crippen molar-refractivity contribution >= 4 is 44.1 Å². The van der Waals surface area contributed by atoms with Gasteiger partial charge in [-0.25, -0.2) is 0 Å². The van der Waals surface area contributed by atoms with Gasteiger partial charge in [0.05, 0.1) is 16.9 Å². The maximum Gasteiger partial charge on any atom is 0.244 e. The number of benzene rings is 2. The number of aromatic nitrogens is 1. The fourth-order valence-corrected chi connectivity index (χ4v) is 2.71. The quantitative estimate of drug-likeness (QED) is 0.713. The summed E-state index contributed by atoms with van der Waals surface area (Å²) in [4.78, 5) is 12.2. The topological polar surface area (TPSA) is 60.0 Å². The highest BCUT2D eigenvalue weighted by Gasteiger charge is 2.09. The molecule has 1 heterocycles. The number of hydrogen-bond donors (Lipinski definition) is 2. The van der Waals surface area contributed by atoms with Gasteiger partial charge in [-0.05, 0) is 40.2 Å². The van der Waals surface area contributed by atoms with E-state index in [9.17, 15) is 4.79 Å². The number of anilines is 2. The highest BCUT2D eigenvalue weighted by Crippen LogP contribution is 2.23. The van der Waals surface area contributed by atoms with Crippen LogP contribution in [0.25, 0.3) is 10.9 Å². The molecule has 0 saturated heterocycles. The normalized spacial score (nSPS) is 10.7. The number of carbonyl (C=O) groups excluding carboxylic acids is 1. The Hall–Kier alpha value is -2.27. The van der Waals surface area contributed by atoms with E-state index in [0.717, 1.165) is 21.1 Å². The van der Waals surface area contributed by atoms with E-state index in [0.29, 0.717) is 5.69 Å². The van der Waals surface area contributed by atoms with Gasteiger partial charge in [0.25, 0.3) is 0 Å². The molecule has 4 nitrogen and oxygen atoms in total. The molecule has 0 spiro atoms. The van der Waals surface area contributed by atoms with Gasteiger partial charge in [0.1, 0.15) is 6.54 Å². The van der Waals surface area contributed by atoms with Gasteiger partial charge in [0, 0.05) is 16.1 Å². The Morgan fingerprint density at radius 3 is 2.76 bits per heavy atom. The molecule has 0 saturated carbocycles. The molecule has 3 aromatic rings. The highest BCUT2D eigenvalue weighted by atomic mass is 79.9. The molecule has 0 bridgehead atoms. The van der Waals surface area contributed by atoms with E-state index in [1.165, 1.54) is 0 Å². The summed E-state index contributed by atoms with van der Waals surface area (Å²) in [6, 6.07) is 15.2. The third-order valence-electron chi connectivity index (χ3n) is 3.28. The first-order valence-corrected chi connectivity index (χ1v) is 7.32. The van der Waals surface area contributed by atoms with Gasteiger partial charge in [-0.2, -0.15) is 0 Å². The van der Waals surface area contributed by atoms with Crippen molar-refractivity contribution in [1.82, 2.24) is 4.57 Å². The van der Waals surface area contributed by atoms with Crippen molar-refractivity contribution in [2.24, 2.45) is 0 Å². The molecular formula is C16H14BrN3O. The molecule has 0 aliphatic rings. The first-order valence-electron chi connectivity index (χ1n) is 6.53. The minimum Gasteiger partial charge on any atom is -0.397 e. The molecule has 0 atom stereocenters. The van der Waals surface area contributed by atoms with Crippen LogP contribution in [-0.2, 0) is 11.3 Å². The van der Waals surface area contributed by atoms with Crippen molar-refractivity contribution in [3.8, 4) is 0 Å². The maximum absolute atomic E-state index is 12.2. The molecule has 0 aliphatic carbocycles. The number of rotatable bonds is 3. The van der Waals surface area contributed by atoms with Crippen LogP contribution in [0.2, 0.25) is 0 Å². The SMILES string of the molecule is Nc1cccc2ccn(CC(=O)Nc3ccccc3Br)c12. The van der Waals surface area contributed by atoms with Crippen molar-refractivity contribution in [2.45, 2.75) is 6.54 Å². The van der Waals surface area contributed by atoms with Crippen LogP contribution < -0.4 is 11.1 Å². The zero-order chi connectivity index (χ0) is 14.8. The minimum absolute atomic E-state index is 0.0948. The molecule has 1 amide bonds. The van der Waals surface area contributed by atoms with Gasteiger partial charge in [-0.3, -0.25) is 4.79 Å². The van der Waals surface area contributed by atoms with Crippen LogP contribution in [0, 0.1) is 0 Å². The van der Waals surface area contributed by atoms with Gasteiger partial charge in [-0.15, -0.1) is 0 Å². The Kier molecular flexibility index (Phi) is 3.66. The predicted octanol–water partition coefficient (Wildman–Crippen LogP) is 3.62. The van der Waals surface area contributed by atoms with E-state index < -0.39 is 0 Å². The molecule has 106 valence electrons. The van der Waals surface area contributed by atoms with E-state index in [1.807, 2.05) is 59.3 Å². The smallest absolute Gasteiger partial charge is 0.244 e. The Morgan fingerprint density at radius 2 is 1.95 bits per heavy atom. The van der Waals surface area contributed by atoms with Gasteiger partial charge in [0.2, 0.25) is 5.91 Å². The summed E-state index contributed by atoms with van der Waals surface area (Å²) < 4.78 is 2.71. The number of para-hydroxylation sites is 2. The second-order valence-electron chi connectivity index (χ2n) is 4.76. The number of amides is 1. The number of nitrogens with one attached hydrogen (secondary N) is 1. The van der Waals surface area contributed by atoms with Crippen molar-refractivity contribution in [3.05, 3.63) is 59.2 Å². The molecular weight excluding hydrogens is 330 g/mol. The lowest BCUT2D eigenvalue weighted by Crippen LogP contribution is -2.18. The Morgan fingerprint density at radius 1 is 1.14 bits per heavy atom. The molecule has 5 heteroatoms. The van der Waals surface area contributed by atoms with E-state index in [2.05, 4.69) is 21.2 Å². The number of fused-ring (bicyclic) bond motifs is 1. The van der Waals surface area contributed by atoms with E-state index in [-0.39, 0.29) is 12.5 Å². The molecule has 0 fully saturated rings. The summed E-state index contributed by atoms with van der Waals surface area (Å²) in [6.07, 6.45) is 1.88. The van der Waals surface area contributed by atoms with Crippen LogP contribution in [-0.4, -0.2) is 10.5 Å². The van der Waals surface area contributed by atoms with Crippen molar-refractivity contribution < 1.29 is 4.79 Å². The molecule has 0 unspecified atom stereocenters. The molecule has 0 radical (unpaired) electrons. The van der Waals surface area contributed by atoms with Crippen molar-refractivity contribution in [3.63, 3.8) is 0 Å². The van der Waals surface area contributed by atoms with Gasteiger partial charge < -0.3 is 15.6 Å². The predicted molar refractivity (Wildman–Crippen MR) is 89.1 cm³/mol. The summed E-state index contributed by atoms with van der Waals surface area (Å²) in [5.74, 6) is -0.0948. The average Bonchev–Trinajstić information content (AvgIpc) is 2.86. The molecule has 0 aliphatic heterocycles. The average molecular weight is 344 g/mol. The van der Waals surface area contributed by atoms with Crippen LogP contribution in [0.4, 0.5) is 11.4 Å². The number of hydrogen-bond acceptors (Lipinski definition) is 2. The van der Waals surface area contributed by atoms with E-state index >= 15 is 0 Å². The zero-order valence-corrected chi connectivity index (χ0v) is 12.8. The second kappa shape index (κ2) is 5.61. The molecule has 1 aromatic heterocycles. The Balaban J connectivity index is 1.83. The second-order valence-corrected chi connectivity index (χ2v) is 5.61. The first-order chi connectivity index (χ1) is 10.1. The molecule has 2 aromatic carbocycles. The summed E-state index contributed by atoms with van der Waals surface area (Å²) >= 11 is 3.41. The standard InChI is InChI=1S/C16H14BrN3O/c17-12-5-1-2-7-14(12)19-15(21)10-20-9-8-11-4-3-6-13(18)16(11)20/h1-9H,10,18H2,(H,19,21). The third-order valence-corrected chi connectivity index (χ3v) is 3.97. The minimum atomic E-state index is -0.0948. The number of nitrogens with two attached hydrogens (primary N) is 1. The lowest BCUT2D eigenvalue weighted by molar-refractivity contribution is -0.116. The zero-order valence-electron chi connectivity index (χ0n) is 11.2. The molecule has 3 N–H and O–H groups in total. The van der Waals surface area contributed by atoms with Crippen LogP contribution >= 0.6 is 15.9 Å². The largest absolute Gasteiger partial charge is 0.397 e. The molecule has 3 rings (SSSR count). The van der Waals surface area contributed by atoms with Crippen LogP contribution in [0.3, 0.4) is 0 Å². The first kappa shape index (κ1) is 13.7. The fourth-order valence-electron chi connectivity index (χ4n) is 2.33. The van der Waals surface area contributed by atoms with Crippen molar-refractivity contribution in [1.29, 1.82) is 0 Å². The van der Waals surface area contributed by atoms with Crippen molar-refractivity contribution in [2.75, 3.05) is 11.1 Å².